The van der Waals surface area contributed by atoms with E-state index in [9.17, 15) is 13.6 Å². The molecule has 3 heterocycles. The summed E-state index contributed by atoms with van der Waals surface area (Å²) in [7, 11) is 0. The number of hydrogen-bond donors (Lipinski definition) is 4. The number of nitrogens with one attached hydrogen (secondary N) is 3. The Hall–Kier alpha value is -3.05. The molecule has 0 unspecified atom stereocenters. The van der Waals surface area contributed by atoms with Crippen molar-refractivity contribution >= 4 is 33.8 Å². The third-order valence-corrected chi connectivity index (χ3v) is 6.97. The molecule has 1 aliphatic carbocycles. The summed E-state index contributed by atoms with van der Waals surface area (Å²) in [6.07, 6.45) is 2.35. The maximum atomic E-state index is 14.2. The Bertz CT molecular complexity index is 1170. The summed E-state index contributed by atoms with van der Waals surface area (Å²) in [4.78, 5) is 19.4. The Balaban J connectivity index is 1.42. The lowest BCUT2D eigenvalue weighted by Gasteiger charge is -2.25. The monoisotopic (exact) mass is 459 g/mol. The minimum Gasteiger partial charge on any atom is -0.389 e. The summed E-state index contributed by atoms with van der Waals surface area (Å²) < 4.78 is 28.3. The standard InChI is InChI=1S/C21H23F2N7OS/c1-11-15(18(29-28-11)30-8-7-25-9-21(10-30)5-6-21)26-19(31)16-17(24)32-20(27-16)14-12(22)3-2-4-13(14)23/h2-4,25H,5-10,24H2,1H3,(H,26,31)(H,28,29). The van der Waals surface area contributed by atoms with Crippen LogP contribution in [0.2, 0.25) is 0 Å². The largest absolute Gasteiger partial charge is 0.389 e. The third kappa shape index (κ3) is 3.71. The number of benzene rings is 1. The Morgan fingerprint density at radius 3 is 2.78 bits per heavy atom. The van der Waals surface area contributed by atoms with Crippen LogP contribution in [0.5, 0.6) is 0 Å². The van der Waals surface area contributed by atoms with Crippen LogP contribution in [0.15, 0.2) is 18.2 Å². The molecular weight excluding hydrogens is 436 g/mol. The lowest BCUT2D eigenvalue weighted by molar-refractivity contribution is 0.102. The molecule has 32 heavy (non-hydrogen) atoms. The molecule has 1 aromatic carbocycles. The van der Waals surface area contributed by atoms with E-state index in [2.05, 4.69) is 30.7 Å². The number of hydrogen-bond acceptors (Lipinski definition) is 7. The van der Waals surface area contributed by atoms with Crippen LogP contribution in [0.25, 0.3) is 10.6 Å². The summed E-state index contributed by atoms with van der Waals surface area (Å²) in [6.45, 7) is 5.28. The quantitative estimate of drug-likeness (QED) is 0.477. The molecule has 1 spiro atoms. The Kier molecular flexibility index (Phi) is 5.09. The van der Waals surface area contributed by atoms with Crippen LogP contribution in [0.1, 0.15) is 29.0 Å². The Morgan fingerprint density at radius 1 is 1.31 bits per heavy atom. The highest BCUT2D eigenvalue weighted by atomic mass is 32.1. The van der Waals surface area contributed by atoms with Crippen molar-refractivity contribution in [1.82, 2.24) is 20.5 Å². The van der Waals surface area contributed by atoms with Gasteiger partial charge in [0.25, 0.3) is 5.91 Å². The third-order valence-electron chi connectivity index (χ3n) is 6.07. The number of carbonyl (C=O) groups is 1. The van der Waals surface area contributed by atoms with Gasteiger partial charge in [-0.2, -0.15) is 5.10 Å². The van der Waals surface area contributed by atoms with Gasteiger partial charge in [-0.1, -0.05) is 17.4 Å². The minimum atomic E-state index is -0.762. The highest BCUT2D eigenvalue weighted by molar-refractivity contribution is 7.19. The molecule has 0 radical (unpaired) electrons. The van der Waals surface area contributed by atoms with Gasteiger partial charge in [-0.05, 0) is 31.9 Å². The fourth-order valence-corrected chi connectivity index (χ4v) is 4.96. The average Bonchev–Trinajstić information content (AvgIpc) is 3.35. The molecule has 8 nitrogen and oxygen atoms in total. The van der Waals surface area contributed by atoms with E-state index in [1.807, 2.05) is 0 Å². The van der Waals surface area contributed by atoms with E-state index in [0.717, 1.165) is 55.5 Å². The van der Waals surface area contributed by atoms with Gasteiger partial charge in [-0.25, -0.2) is 13.8 Å². The predicted octanol–water partition coefficient (Wildman–Crippen LogP) is 3.14. The molecule has 1 saturated heterocycles. The zero-order valence-electron chi connectivity index (χ0n) is 17.5. The van der Waals surface area contributed by atoms with E-state index < -0.39 is 17.5 Å². The van der Waals surface area contributed by atoms with Gasteiger partial charge in [-0.3, -0.25) is 9.89 Å². The zero-order valence-corrected chi connectivity index (χ0v) is 18.3. The van der Waals surface area contributed by atoms with Crippen LogP contribution in [-0.2, 0) is 0 Å². The van der Waals surface area contributed by atoms with Crippen molar-refractivity contribution < 1.29 is 13.6 Å². The van der Waals surface area contributed by atoms with Gasteiger partial charge < -0.3 is 21.3 Å². The van der Waals surface area contributed by atoms with E-state index in [1.54, 1.807) is 6.92 Å². The molecule has 1 saturated carbocycles. The maximum absolute atomic E-state index is 14.2. The van der Waals surface area contributed by atoms with Gasteiger partial charge in [-0.15, -0.1) is 0 Å². The molecule has 5 N–H and O–H groups in total. The van der Waals surface area contributed by atoms with E-state index in [-0.39, 0.29) is 26.7 Å². The number of anilines is 3. The van der Waals surface area contributed by atoms with Crippen molar-refractivity contribution in [3.63, 3.8) is 0 Å². The van der Waals surface area contributed by atoms with E-state index >= 15 is 0 Å². The first-order valence-electron chi connectivity index (χ1n) is 10.4. The second kappa shape index (κ2) is 7.82. The first kappa shape index (κ1) is 20.8. The molecule has 0 bridgehead atoms. The number of nitrogen functional groups attached to an aromatic ring is 1. The lowest BCUT2D eigenvalue weighted by Crippen LogP contribution is -2.32. The first-order valence-corrected chi connectivity index (χ1v) is 11.2. The molecule has 3 aromatic rings. The second-order valence-electron chi connectivity index (χ2n) is 8.41. The predicted molar refractivity (Wildman–Crippen MR) is 120 cm³/mol. The highest BCUT2D eigenvalue weighted by Gasteiger charge is 2.45. The molecule has 2 aromatic heterocycles. The highest BCUT2D eigenvalue weighted by Crippen LogP contribution is 2.47. The van der Waals surface area contributed by atoms with E-state index in [4.69, 9.17) is 5.73 Å². The molecule has 0 atom stereocenters. The average molecular weight is 460 g/mol. The number of halogens is 2. The smallest absolute Gasteiger partial charge is 0.277 e. The number of nitrogens with zero attached hydrogens (tertiary/aromatic N) is 3. The topological polar surface area (TPSA) is 112 Å². The van der Waals surface area contributed by atoms with Crippen molar-refractivity contribution in [3.05, 3.63) is 41.2 Å². The van der Waals surface area contributed by atoms with Crippen LogP contribution < -0.4 is 21.3 Å². The van der Waals surface area contributed by atoms with Gasteiger partial charge in [0.1, 0.15) is 33.1 Å². The molecule has 5 rings (SSSR count). The van der Waals surface area contributed by atoms with Crippen LogP contribution in [0.3, 0.4) is 0 Å². The fraction of sp³-hybridized carbons (Fsp3) is 0.381. The number of amides is 1. The van der Waals surface area contributed by atoms with Crippen LogP contribution in [-0.4, -0.2) is 47.3 Å². The molecule has 2 fully saturated rings. The van der Waals surface area contributed by atoms with Crippen molar-refractivity contribution in [2.75, 3.05) is 42.1 Å². The molecule has 1 aliphatic heterocycles. The number of aromatic amines is 1. The molecule has 168 valence electrons. The second-order valence-corrected chi connectivity index (χ2v) is 9.44. The Labute approximate surface area is 187 Å². The Morgan fingerprint density at radius 2 is 2.06 bits per heavy atom. The summed E-state index contributed by atoms with van der Waals surface area (Å²) >= 11 is 0.868. The normalized spacial score (nSPS) is 17.4. The first-order chi connectivity index (χ1) is 15.4. The molecular formula is C21H23F2N7OS. The number of nitrogens with two attached hydrogens (primary N) is 1. The van der Waals surface area contributed by atoms with Crippen molar-refractivity contribution in [3.8, 4) is 10.6 Å². The number of carbonyl (C=O) groups excluding carboxylic acids is 1. The number of thiazole rings is 1. The van der Waals surface area contributed by atoms with Gasteiger partial charge in [0.2, 0.25) is 0 Å². The number of aromatic nitrogens is 3. The zero-order chi connectivity index (χ0) is 22.5. The van der Waals surface area contributed by atoms with E-state index in [0.29, 0.717) is 11.4 Å². The van der Waals surface area contributed by atoms with Gasteiger partial charge in [0.15, 0.2) is 5.69 Å². The minimum absolute atomic E-state index is 0.0154. The number of rotatable bonds is 4. The van der Waals surface area contributed by atoms with E-state index in [1.165, 1.54) is 18.9 Å². The number of H-pyrrole nitrogens is 1. The fourth-order valence-electron chi connectivity index (χ4n) is 4.08. The molecule has 2 aliphatic rings. The van der Waals surface area contributed by atoms with Gasteiger partial charge >= 0.3 is 0 Å². The van der Waals surface area contributed by atoms with Crippen molar-refractivity contribution in [1.29, 1.82) is 0 Å². The molecule has 11 heteroatoms. The van der Waals surface area contributed by atoms with Crippen molar-refractivity contribution in [2.45, 2.75) is 19.8 Å². The summed E-state index contributed by atoms with van der Waals surface area (Å²) in [5.74, 6) is -1.34. The lowest BCUT2D eigenvalue weighted by atomic mass is 10.1. The van der Waals surface area contributed by atoms with Crippen LogP contribution >= 0.6 is 11.3 Å². The number of aryl methyl sites for hydroxylation is 1. The van der Waals surface area contributed by atoms with Gasteiger partial charge in [0, 0.05) is 31.6 Å². The maximum Gasteiger partial charge on any atom is 0.277 e. The summed E-state index contributed by atoms with van der Waals surface area (Å²) in [5, 5.41) is 13.8. The van der Waals surface area contributed by atoms with Crippen LogP contribution in [0, 0.1) is 24.0 Å². The van der Waals surface area contributed by atoms with Crippen LogP contribution in [0.4, 0.5) is 25.3 Å². The summed E-state index contributed by atoms with van der Waals surface area (Å²) in [6, 6.07) is 3.55. The van der Waals surface area contributed by atoms with Gasteiger partial charge in [0.05, 0.1) is 11.3 Å². The van der Waals surface area contributed by atoms with Crippen molar-refractivity contribution in [2.24, 2.45) is 5.41 Å². The SMILES string of the molecule is Cc1n[nH]c(N2CCNCC3(CC3)C2)c1NC(=O)c1nc(-c2c(F)cccc2F)sc1N. The summed E-state index contributed by atoms with van der Waals surface area (Å²) in [5.41, 5.74) is 7.09. The molecule has 1 amide bonds.